The third kappa shape index (κ3) is 5.98. The summed E-state index contributed by atoms with van der Waals surface area (Å²) in [6.07, 6.45) is 7.13. The van der Waals surface area contributed by atoms with Crippen molar-refractivity contribution in [3.05, 3.63) is 53.6 Å². The fourth-order valence-corrected chi connectivity index (χ4v) is 8.98. The molecule has 49 heavy (non-hydrogen) atoms. The summed E-state index contributed by atoms with van der Waals surface area (Å²) >= 11 is 0. The van der Waals surface area contributed by atoms with Gasteiger partial charge >= 0.3 is 6.01 Å². The summed E-state index contributed by atoms with van der Waals surface area (Å²) in [5, 5.41) is 16.0. The number of rotatable bonds is 10. The lowest BCUT2D eigenvalue weighted by atomic mass is 9.92. The zero-order chi connectivity index (χ0) is 33.8. The summed E-state index contributed by atoms with van der Waals surface area (Å²) in [6.45, 7) is 4.24. The molecule has 6 atom stereocenters. The van der Waals surface area contributed by atoms with Gasteiger partial charge in [0.05, 0.1) is 11.7 Å². The minimum atomic E-state index is -0.805. The van der Waals surface area contributed by atoms with Gasteiger partial charge in [0.1, 0.15) is 35.6 Å². The highest BCUT2D eigenvalue weighted by molar-refractivity contribution is 6.03. The van der Waals surface area contributed by atoms with Crippen LogP contribution in [0.25, 0.3) is 32.8 Å². The molecular formula is C38H45F2N5O4. The number of hydrogen-bond donors (Lipinski definition) is 2. The van der Waals surface area contributed by atoms with Crippen LogP contribution in [-0.2, 0) is 15.9 Å². The van der Waals surface area contributed by atoms with Gasteiger partial charge in [-0.1, -0.05) is 25.1 Å². The van der Waals surface area contributed by atoms with E-state index in [-0.39, 0.29) is 47.6 Å². The van der Waals surface area contributed by atoms with Gasteiger partial charge in [-0.2, -0.15) is 9.97 Å². The molecule has 8 rings (SSSR count). The number of aromatic nitrogens is 2. The number of benzene rings is 3. The van der Waals surface area contributed by atoms with Crippen molar-refractivity contribution in [3.8, 4) is 22.9 Å². The topological polar surface area (TPSA) is 92.2 Å². The lowest BCUT2D eigenvalue weighted by molar-refractivity contribution is -0.0299. The second kappa shape index (κ2) is 13.2. The summed E-state index contributed by atoms with van der Waals surface area (Å²) in [6, 6.07) is 11.6. The van der Waals surface area contributed by atoms with Gasteiger partial charge in [0.15, 0.2) is 5.82 Å². The van der Waals surface area contributed by atoms with E-state index >= 15 is 8.78 Å². The molecule has 4 saturated heterocycles. The van der Waals surface area contributed by atoms with Gasteiger partial charge in [0.25, 0.3) is 0 Å². The second-order valence-electron chi connectivity index (χ2n) is 14.3. The van der Waals surface area contributed by atoms with Crippen molar-refractivity contribution in [2.75, 3.05) is 45.4 Å². The van der Waals surface area contributed by atoms with Gasteiger partial charge in [-0.15, -0.1) is 0 Å². The molecule has 260 valence electrons. The number of hydrogen-bond acceptors (Lipinski definition) is 9. The van der Waals surface area contributed by atoms with Crippen LogP contribution >= 0.6 is 0 Å². The van der Waals surface area contributed by atoms with Crippen molar-refractivity contribution in [2.24, 2.45) is 0 Å². The first kappa shape index (κ1) is 32.6. The molecule has 2 N–H and O–H groups in total. The van der Waals surface area contributed by atoms with Gasteiger partial charge in [-0.3, -0.25) is 4.90 Å². The summed E-state index contributed by atoms with van der Waals surface area (Å²) in [5.41, 5.74) is 0.982. The number of methoxy groups -OCH3 is 2. The largest absolute Gasteiger partial charge is 0.508 e. The number of piperazine rings is 1. The molecule has 4 aliphatic heterocycles. The Hall–Kier alpha value is -3.64. The highest BCUT2D eigenvalue weighted by atomic mass is 19.1. The van der Waals surface area contributed by atoms with Crippen molar-refractivity contribution in [3.63, 3.8) is 0 Å². The summed E-state index contributed by atoms with van der Waals surface area (Å²) in [7, 11) is 3.48. The Morgan fingerprint density at radius 2 is 1.76 bits per heavy atom. The third-order valence-electron chi connectivity index (χ3n) is 11.4. The van der Waals surface area contributed by atoms with E-state index in [4.69, 9.17) is 19.2 Å². The molecule has 0 radical (unpaired) electrons. The first-order valence-electron chi connectivity index (χ1n) is 17.7. The minimum absolute atomic E-state index is 0.0126. The smallest absolute Gasteiger partial charge is 0.319 e. The highest BCUT2D eigenvalue weighted by Gasteiger charge is 2.42. The van der Waals surface area contributed by atoms with Crippen LogP contribution in [0, 0.1) is 11.6 Å². The van der Waals surface area contributed by atoms with Crippen molar-refractivity contribution in [1.29, 1.82) is 0 Å². The minimum Gasteiger partial charge on any atom is -0.508 e. The Morgan fingerprint density at radius 3 is 2.45 bits per heavy atom. The average molecular weight is 674 g/mol. The maximum absolute atomic E-state index is 17.0. The molecule has 9 nitrogen and oxygen atoms in total. The number of halogens is 2. The number of phenols is 1. The van der Waals surface area contributed by atoms with Crippen LogP contribution in [-0.4, -0.2) is 96.8 Å². The molecule has 0 aliphatic carbocycles. The zero-order valence-electron chi connectivity index (χ0n) is 28.4. The molecule has 4 aromatic rings. The van der Waals surface area contributed by atoms with Crippen LogP contribution in [0.15, 0.2) is 36.4 Å². The first-order chi connectivity index (χ1) is 23.8. The van der Waals surface area contributed by atoms with Crippen LogP contribution in [0.3, 0.4) is 0 Å². The van der Waals surface area contributed by atoms with Crippen LogP contribution < -0.4 is 15.0 Å². The van der Waals surface area contributed by atoms with Crippen LogP contribution in [0.2, 0.25) is 0 Å². The van der Waals surface area contributed by atoms with Crippen LogP contribution in [0.1, 0.15) is 51.0 Å². The van der Waals surface area contributed by atoms with E-state index in [0.717, 1.165) is 44.1 Å². The Kier molecular flexibility index (Phi) is 8.80. The molecule has 4 aliphatic rings. The van der Waals surface area contributed by atoms with E-state index in [9.17, 15) is 5.11 Å². The summed E-state index contributed by atoms with van der Waals surface area (Å²) in [5.74, 6) is -1.14. The normalized spacial score (nSPS) is 25.8. The summed E-state index contributed by atoms with van der Waals surface area (Å²) in [4.78, 5) is 14.1. The lowest BCUT2D eigenvalue weighted by Crippen LogP contribution is -2.51. The van der Waals surface area contributed by atoms with Crippen LogP contribution in [0.5, 0.6) is 11.8 Å². The summed E-state index contributed by atoms with van der Waals surface area (Å²) < 4.78 is 51.2. The molecule has 0 saturated carbocycles. The second-order valence-corrected chi connectivity index (χ2v) is 14.3. The van der Waals surface area contributed by atoms with E-state index in [2.05, 4.69) is 20.1 Å². The van der Waals surface area contributed by atoms with E-state index in [1.165, 1.54) is 12.1 Å². The molecule has 4 bridgehead atoms. The number of aryl methyl sites for hydroxylation is 1. The van der Waals surface area contributed by atoms with Crippen molar-refractivity contribution in [2.45, 2.75) is 88.2 Å². The van der Waals surface area contributed by atoms with E-state index in [0.29, 0.717) is 71.8 Å². The number of fused-ring (bicyclic) bond motifs is 6. The molecule has 0 spiro atoms. The fourth-order valence-electron chi connectivity index (χ4n) is 8.98. The van der Waals surface area contributed by atoms with Crippen molar-refractivity contribution < 1.29 is 28.1 Å². The quantitative estimate of drug-likeness (QED) is 0.211. The zero-order valence-corrected chi connectivity index (χ0v) is 28.4. The SMILES string of the molecule is CCc1cccc2cc(O)cc(-c3c(F)cc4c(N5CC6CCC(C5)N6)nc(OC[C@@H](CN5C6CC[C@@H]5CC(OC)C6)OC)nc4c3F)c12. The molecule has 3 aromatic carbocycles. The number of ether oxygens (including phenoxy) is 3. The molecule has 4 fully saturated rings. The van der Waals surface area contributed by atoms with Gasteiger partial charge in [-0.25, -0.2) is 8.78 Å². The molecule has 0 amide bonds. The lowest BCUT2D eigenvalue weighted by Gasteiger charge is -2.39. The fraction of sp³-hybridized carbons (Fsp3) is 0.526. The highest BCUT2D eigenvalue weighted by Crippen LogP contribution is 2.42. The van der Waals surface area contributed by atoms with E-state index < -0.39 is 11.6 Å². The number of nitrogens with zero attached hydrogens (tertiary/aromatic N) is 4. The molecule has 11 heteroatoms. The van der Waals surface area contributed by atoms with Crippen molar-refractivity contribution >= 4 is 27.5 Å². The number of phenolic OH excluding ortho intramolecular Hbond substituents is 1. The van der Waals surface area contributed by atoms with Gasteiger partial charge in [0, 0.05) is 63.4 Å². The van der Waals surface area contributed by atoms with Gasteiger partial charge in [0.2, 0.25) is 0 Å². The Morgan fingerprint density at radius 1 is 1.00 bits per heavy atom. The number of nitrogens with one attached hydrogen (secondary N) is 1. The monoisotopic (exact) mass is 673 g/mol. The Bertz CT molecular complexity index is 1850. The maximum atomic E-state index is 17.0. The Labute approximate surface area is 285 Å². The van der Waals surface area contributed by atoms with Crippen molar-refractivity contribution in [1.82, 2.24) is 20.2 Å². The number of anilines is 1. The standard InChI is InChI=1S/C38H45F2N5O4/c1-4-21-6-5-7-22-12-27(46)15-30(33(21)22)34-32(39)16-31-36(35(34)40)42-38(43-37(31)44-17-23-8-9-24(18-44)41-23)49-20-29(48-3)19-45-25-10-11-26(45)14-28(13-25)47-2/h5-7,12,15-16,23-26,28-29,41,46H,4,8-11,13-14,17-20H2,1-3H3/t23?,24?,25-,26?,28?,29-/m1/s1. The number of aromatic hydroxyl groups is 1. The molecule has 4 unspecified atom stereocenters. The molecule has 5 heterocycles. The average Bonchev–Trinajstić information content (AvgIpc) is 3.55. The first-order valence-corrected chi connectivity index (χ1v) is 17.7. The predicted octanol–water partition coefficient (Wildman–Crippen LogP) is 5.97. The maximum Gasteiger partial charge on any atom is 0.319 e. The molecule has 1 aromatic heterocycles. The van der Waals surface area contributed by atoms with E-state index in [1.54, 1.807) is 20.3 Å². The van der Waals surface area contributed by atoms with Gasteiger partial charge < -0.3 is 29.5 Å². The van der Waals surface area contributed by atoms with E-state index in [1.807, 2.05) is 25.1 Å². The Balaban J connectivity index is 1.18. The van der Waals surface area contributed by atoms with Gasteiger partial charge in [-0.05, 0) is 85.0 Å². The predicted molar refractivity (Wildman–Crippen MR) is 185 cm³/mol. The third-order valence-corrected chi connectivity index (χ3v) is 11.4. The number of piperidine rings is 1. The van der Waals surface area contributed by atoms with Crippen LogP contribution in [0.4, 0.5) is 14.6 Å². The molecular weight excluding hydrogens is 628 g/mol.